The van der Waals surface area contributed by atoms with Crippen molar-refractivity contribution < 1.29 is 4.79 Å². The number of benzene rings is 1. The molecule has 4 heteroatoms. The monoisotopic (exact) mass is 251 g/mol. The van der Waals surface area contributed by atoms with E-state index in [-0.39, 0.29) is 0 Å². The molecule has 0 amide bonds. The van der Waals surface area contributed by atoms with Crippen molar-refractivity contribution in [3.63, 3.8) is 0 Å². The predicted octanol–water partition coefficient (Wildman–Crippen LogP) is 2.35. The third kappa shape index (κ3) is 1.73. The van der Waals surface area contributed by atoms with Gasteiger partial charge in [-0.05, 0) is 24.6 Å². The Hall–Kier alpha value is -2.49. The Morgan fingerprint density at radius 1 is 1.16 bits per heavy atom. The van der Waals surface area contributed by atoms with E-state index in [9.17, 15) is 4.79 Å². The van der Waals surface area contributed by atoms with Gasteiger partial charge in [0.15, 0.2) is 6.29 Å². The Morgan fingerprint density at radius 2 is 1.89 bits per heavy atom. The van der Waals surface area contributed by atoms with Gasteiger partial charge in [0.25, 0.3) is 0 Å². The second-order valence-corrected chi connectivity index (χ2v) is 4.61. The number of aldehydes is 1. The van der Waals surface area contributed by atoms with Gasteiger partial charge in [0.05, 0.1) is 11.9 Å². The molecule has 0 bridgehead atoms. The van der Waals surface area contributed by atoms with Crippen LogP contribution in [0.4, 0.5) is 5.69 Å². The molecule has 19 heavy (non-hydrogen) atoms. The number of hydrogen-bond acceptors (Lipinski definition) is 4. The van der Waals surface area contributed by atoms with Gasteiger partial charge in [-0.15, -0.1) is 0 Å². The predicted molar refractivity (Wildman–Crippen MR) is 74.2 cm³/mol. The molecule has 0 N–H and O–H groups in total. The number of hydrogen-bond donors (Lipinski definition) is 0. The number of carbonyl (C=O) groups is 1. The average Bonchev–Trinajstić information content (AvgIpc) is 2.49. The molecule has 1 aliphatic heterocycles. The molecule has 0 fully saturated rings. The molecule has 0 saturated heterocycles. The number of hydrazone groups is 1. The highest BCUT2D eigenvalue weighted by atomic mass is 16.1. The third-order valence-corrected chi connectivity index (χ3v) is 3.40. The number of pyridine rings is 1. The van der Waals surface area contributed by atoms with Crippen LogP contribution in [0.15, 0.2) is 53.9 Å². The summed E-state index contributed by atoms with van der Waals surface area (Å²) in [6.07, 6.45) is 6.09. The summed E-state index contributed by atoms with van der Waals surface area (Å²) in [5, 5.41) is 6.14. The first-order chi connectivity index (χ1) is 9.25. The van der Waals surface area contributed by atoms with Gasteiger partial charge in [0, 0.05) is 18.0 Å². The number of aromatic nitrogens is 1. The van der Waals surface area contributed by atoms with Crippen LogP contribution in [0.1, 0.15) is 18.1 Å². The highest BCUT2D eigenvalue weighted by Gasteiger charge is 2.37. The SMILES string of the molecule is CC1(C=O)c2ccccc2C=NN1c1ccncc1. The van der Waals surface area contributed by atoms with Crippen molar-refractivity contribution >= 4 is 18.2 Å². The first kappa shape index (κ1) is 11.6. The van der Waals surface area contributed by atoms with E-state index in [1.54, 1.807) is 23.6 Å². The summed E-state index contributed by atoms with van der Waals surface area (Å²) in [7, 11) is 0. The van der Waals surface area contributed by atoms with Crippen molar-refractivity contribution in [3.05, 3.63) is 59.9 Å². The molecule has 1 aromatic heterocycles. The molecule has 1 atom stereocenters. The molecule has 1 unspecified atom stereocenters. The molecule has 0 radical (unpaired) electrons. The number of nitrogens with zero attached hydrogens (tertiary/aromatic N) is 3. The molecule has 0 aliphatic carbocycles. The van der Waals surface area contributed by atoms with Gasteiger partial charge >= 0.3 is 0 Å². The van der Waals surface area contributed by atoms with Crippen molar-refractivity contribution in [1.29, 1.82) is 0 Å². The normalized spacial score (nSPS) is 21.0. The van der Waals surface area contributed by atoms with E-state index in [0.29, 0.717) is 0 Å². The van der Waals surface area contributed by atoms with E-state index < -0.39 is 5.54 Å². The molecule has 3 rings (SSSR count). The Bertz CT molecular complexity index is 639. The van der Waals surface area contributed by atoms with Gasteiger partial charge in [-0.2, -0.15) is 5.10 Å². The Balaban J connectivity index is 2.17. The zero-order valence-electron chi connectivity index (χ0n) is 10.5. The van der Waals surface area contributed by atoms with E-state index >= 15 is 0 Å². The van der Waals surface area contributed by atoms with E-state index in [2.05, 4.69) is 10.1 Å². The van der Waals surface area contributed by atoms with Crippen LogP contribution in [0.25, 0.3) is 0 Å². The Labute approximate surface area is 111 Å². The van der Waals surface area contributed by atoms with E-state index in [1.165, 1.54) is 0 Å². The van der Waals surface area contributed by atoms with Crippen LogP contribution in [-0.4, -0.2) is 17.5 Å². The molecule has 94 valence electrons. The zero-order valence-corrected chi connectivity index (χ0v) is 10.5. The van der Waals surface area contributed by atoms with Gasteiger partial charge in [-0.3, -0.25) is 4.98 Å². The molecule has 2 heterocycles. The maximum Gasteiger partial charge on any atom is 0.151 e. The van der Waals surface area contributed by atoms with E-state index in [0.717, 1.165) is 23.1 Å². The third-order valence-electron chi connectivity index (χ3n) is 3.40. The number of fused-ring (bicyclic) bond motifs is 1. The molecule has 2 aromatic rings. The maximum atomic E-state index is 11.7. The van der Waals surface area contributed by atoms with Crippen molar-refractivity contribution in [1.82, 2.24) is 4.98 Å². The first-order valence-corrected chi connectivity index (χ1v) is 6.06. The fraction of sp³-hybridized carbons (Fsp3) is 0.133. The number of anilines is 1. The lowest BCUT2D eigenvalue weighted by Crippen LogP contribution is -2.45. The molecular weight excluding hydrogens is 238 g/mol. The summed E-state index contributed by atoms with van der Waals surface area (Å²) < 4.78 is 0. The fourth-order valence-electron chi connectivity index (χ4n) is 2.36. The van der Waals surface area contributed by atoms with Crippen LogP contribution in [0, 0.1) is 0 Å². The minimum absolute atomic E-state index is 0.799. The molecule has 1 aliphatic rings. The van der Waals surface area contributed by atoms with Gasteiger partial charge in [0.2, 0.25) is 0 Å². The summed E-state index contributed by atoms with van der Waals surface area (Å²) >= 11 is 0. The Kier molecular flexibility index (Phi) is 2.63. The van der Waals surface area contributed by atoms with Gasteiger partial charge < -0.3 is 4.79 Å². The largest absolute Gasteiger partial charge is 0.300 e. The van der Waals surface area contributed by atoms with Gasteiger partial charge in [-0.1, -0.05) is 24.3 Å². The standard InChI is InChI=1S/C15H13N3O/c1-15(11-19)14-5-3-2-4-12(14)10-17-18(15)13-6-8-16-9-7-13/h2-11H,1H3. The highest BCUT2D eigenvalue weighted by molar-refractivity contribution is 5.90. The van der Waals surface area contributed by atoms with Crippen LogP contribution >= 0.6 is 0 Å². The molecule has 1 aromatic carbocycles. The summed E-state index contributed by atoms with van der Waals surface area (Å²) in [6.45, 7) is 1.87. The van der Waals surface area contributed by atoms with Crippen LogP contribution in [0.3, 0.4) is 0 Å². The number of carbonyl (C=O) groups excluding carboxylic acids is 1. The quantitative estimate of drug-likeness (QED) is 0.770. The maximum absolute atomic E-state index is 11.7. The molecule has 0 saturated carbocycles. The lowest BCUT2D eigenvalue weighted by atomic mass is 9.87. The van der Waals surface area contributed by atoms with Crippen molar-refractivity contribution in [3.8, 4) is 0 Å². The van der Waals surface area contributed by atoms with Crippen molar-refractivity contribution in [2.75, 3.05) is 5.01 Å². The summed E-state index contributed by atoms with van der Waals surface area (Å²) in [5.74, 6) is 0. The lowest BCUT2D eigenvalue weighted by Gasteiger charge is -2.38. The Morgan fingerprint density at radius 3 is 2.63 bits per heavy atom. The smallest absolute Gasteiger partial charge is 0.151 e. The van der Waals surface area contributed by atoms with Gasteiger partial charge in [-0.25, -0.2) is 5.01 Å². The average molecular weight is 251 g/mol. The van der Waals surface area contributed by atoms with Crippen molar-refractivity contribution in [2.24, 2.45) is 5.10 Å². The van der Waals surface area contributed by atoms with Crippen molar-refractivity contribution in [2.45, 2.75) is 12.5 Å². The van der Waals surface area contributed by atoms with E-state index in [1.807, 2.05) is 43.3 Å². The second-order valence-electron chi connectivity index (χ2n) is 4.61. The first-order valence-electron chi connectivity index (χ1n) is 6.06. The van der Waals surface area contributed by atoms with Crippen LogP contribution in [0.2, 0.25) is 0 Å². The molecule has 0 spiro atoms. The summed E-state index contributed by atoms with van der Waals surface area (Å²) in [4.78, 5) is 15.7. The highest BCUT2D eigenvalue weighted by Crippen LogP contribution is 2.35. The van der Waals surface area contributed by atoms with E-state index in [4.69, 9.17) is 0 Å². The summed E-state index contributed by atoms with van der Waals surface area (Å²) in [6, 6.07) is 11.5. The fourth-order valence-corrected chi connectivity index (χ4v) is 2.36. The summed E-state index contributed by atoms with van der Waals surface area (Å²) in [5.41, 5.74) is 1.97. The van der Waals surface area contributed by atoms with Crippen LogP contribution in [-0.2, 0) is 10.3 Å². The van der Waals surface area contributed by atoms with Crippen LogP contribution < -0.4 is 5.01 Å². The van der Waals surface area contributed by atoms with Crippen LogP contribution in [0.5, 0.6) is 0 Å². The zero-order chi connectivity index (χ0) is 13.3. The second kappa shape index (κ2) is 4.31. The number of rotatable bonds is 2. The minimum atomic E-state index is -0.799. The topological polar surface area (TPSA) is 45.6 Å². The molecule has 4 nitrogen and oxygen atoms in total. The lowest BCUT2D eigenvalue weighted by molar-refractivity contribution is -0.112. The molecular formula is C15H13N3O. The van der Waals surface area contributed by atoms with Gasteiger partial charge in [0.1, 0.15) is 5.54 Å². The minimum Gasteiger partial charge on any atom is -0.300 e.